The minimum Gasteiger partial charge on any atom is -0.330 e. The Balaban J connectivity index is 1.41. The summed E-state index contributed by atoms with van der Waals surface area (Å²) in [5, 5.41) is 3.90. The Hall–Kier alpha value is -0.0800. The van der Waals surface area contributed by atoms with Crippen LogP contribution in [-0.4, -0.2) is 19.1 Å². The average Bonchev–Trinajstić information content (AvgIpc) is 3.09. The van der Waals surface area contributed by atoms with Crippen LogP contribution in [0.2, 0.25) is 0 Å². The van der Waals surface area contributed by atoms with Crippen LogP contribution in [0.25, 0.3) is 0 Å². The summed E-state index contributed by atoms with van der Waals surface area (Å²) in [7, 11) is 0. The summed E-state index contributed by atoms with van der Waals surface area (Å²) < 4.78 is 0. The third-order valence-corrected chi connectivity index (χ3v) is 11.2. The van der Waals surface area contributed by atoms with Gasteiger partial charge in [0.25, 0.3) is 0 Å². The van der Waals surface area contributed by atoms with Crippen LogP contribution in [0.5, 0.6) is 0 Å². The van der Waals surface area contributed by atoms with E-state index in [4.69, 9.17) is 5.73 Å². The molecule has 3 N–H and O–H groups in total. The summed E-state index contributed by atoms with van der Waals surface area (Å²) in [5.74, 6) is 6.01. The van der Waals surface area contributed by atoms with E-state index in [2.05, 4.69) is 33.0 Å². The molecule has 0 heterocycles. The summed E-state index contributed by atoms with van der Waals surface area (Å²) >= 11 is 0. The molecule has 2 heteroatoms. The van der Waals surface area contributed by atoms with Gasteiger partial charge in [0.1, 0.15) is 0 Å². The lowest BCUT2D eigenvalue weighted by molar-refractivity contribution is -0.117. The van der Waals surface area contributed by atoms with E-state index in [0.717, 1.165) is 48.1 Å². The van der Waals surface area contributed by atoms with Crippen molar-refractivity contribution in [1.29, 1.82) is 0 Å². The molecule has 174 valence electrons. The summed E-state index contributed by atoms with van der Waals surface area (Å²) in [6.07, 6.45) is 18.8. The number of unbranched alkanes of at least 4 members (excludes halogenated alkanes) is 1. The van der Waals surface area contributed by atoms with E-state index in [0.29, 0.717) is 10.8 Å². The molecule has 4 fully saturated rings. The third kappa shape index (κ3) is 4.02. The van der Waals surface area contributed by atoms with Crippen LogP contribution in [0.15, 0.2) is 0 Å². The Kier molecular flexibility index (Phi) is 7.25. The zero-order chi connectivity index (χ0) is 21.4. The Morgan fingerprint density at radius 2 is 1.70 bits per heavy atom. The quantitative estimate of drug-likeness (QED) is 0.428. The monoisotopic (exact) mass is 416 g/mol. The van der Waals surface area contributed by atoms with Gasteiger partial charge in [0.15, 0.2) is 0 Å². The molecule has 0 aromatic heterocycles. The lowest BCUT2D eigenvalue weighted by Gasteiger charge is -2.61. The predicted molar refractivity (Wildman–Crippen MR) is 129 cm³/mol. The van der Waals surface area contributed by atoms with Crippen molar-refractivity contribution in [3.63, 3.8) is 0 Å². The lowest BCUT2D eigenvalue weighted by atomic mass is 9.44. The molecule has 0 bridgehead atoms. The Bertz CT molecular complexity index is 561. The highest BCUT2D eigenvalue weighted by Crippen LogP contribution is 2.68. The molecule has 4 unspecified atom stereocenters. The molecule has 4 saturated carbocycles. The summed E-state index contributed by atoms with van der Waals surface area (Å²) in [5.41, 5.74) is 6.96. The molecular formula is C28H52N2. The highest BCUT2D eigenvalue weighted by atomic mass is 14.9. The topological polar surface area (TPSA) is 38.0 Å². The van der Waals surface area contributed by atoms with E-state index < -0.39 is 0 Å². The summed E-state index contributed by atoms with van der Waals surface area (Å²) in [6.45, 7) is 12.4. The van der Waals surface area contributed by atoms with Crippen LogP contribution in [0.4, 0.5) is 0 Å². The van der Waals surface area contributed by atoms with Gasteiger partial charge in [-0.3, -0.25) is 0 Å². The first-order chi connectivity index (χ1) is 14.4. The first-order valence-electron chi connectivity index (χ1n) is 13.9. The minimum atomic E-state index is 0.632. The number of nitrogens with one attached hydrogen (secondary N) is 1. The molecule has 0 radical (unpaired) electrons. The molecule has 0 saturated heterocycles. The summed E-state index contributed by atoms with van der Waals surface area (Å²) in [4.78, 5) is 0. The Morgan fingerprint density at radius 3 is 2.47 bits per heavy atom. The molecule has 9 atom stereocenters. The number of nitrogens with two attached hydrogens (primary N) is 1. The average molecular weight is 417 g/mol. The zero-order valence-corrected chi connectivity index (χ0v) is 20.7. The van der Waals surface area contributed by atoms with E-state index >= 15 is 0 Å². The lowest BCUT2D eigenvalue weighted by Crippen LogP contribution is -2.55. The van der Waals surface area contributed by atoms with Crippen molar-refractivity contribution in [2.24, 2.45) is 52.1 Å². The highest BCUT2D eigenvalue weighted by Gasteiger charge is 2.60. The molecule has 0 amide bonds. The molecule has 30 heavy (non-hydrogen) atoms. The van der Waals surface area contributed by atoms with E-state index in [1.807, 2.05) is 0 Å². The SMILES string of the molecule is CCC[C@@H](C)[C@H]1CCC2C3CCC4C[C@H](NCCCCN)CC[C@]4(C)C3CC[C@@]21C. The second-order valence-electron chi connectivity index (χ2n) is 12.6. The number of hydrogen-bond donors (Lipinski definition) is 2. The number of fused-ring (bicyclic) bond motifs is 5. The fourth-order valence-corrected chi connectivity index (χ4v) is 9.65. The van der Waals surface area contributed by atoms with Gasteiger partial charge in [0, 0.05) is 6.04 Å². The van der Waals surface area contributed by atoms with Gasteiger partial charge in [0.2, 0.25) is 0 Å². The van der Waals surface area contributed by atoms with Crippen LogP contribution in [0, 0.1) is 46.3 Å². The van der Waals surface area contributed by atoms with E-state index in [1.54, 1.807) is 12.8 Å². The van der Waals surface area contributed by atoms with E-state index in [1.165, 1.54) is 77.2 Å². The maximum Gasteiger partial charge on any atom is 0.00701 e. The number of rotatable bonds is 8. The highest BCUT2D eigenvalue weighted by molar-refractivity contribution is 5.10. The standard InChI is InChI=1S/C28H52N2/c1-5-8-20(2)24-11-12-25-23-10-9-21-19-22(30-18-7-6-17-29)13-15-27(21,3)26(23)14-16-28(24,25)4/h20-26,30H,5-19,29H2,1-4H3/t20-,21?,22-,23?,24-,25?,26?,27+,28-/m1/s1. The molecule has 0 aromatic carbocycles. The first-order valence-corrected chi connectivity index (χ1v) is 13.9. The Labute approximate surface area is 187 Å². The van der Waals surface area contributed by atoms with Crippen LogP contribution in [0.3, 0.4) is 0 Å². The van der Waals surface area contributed by atoms with Crippen LogP contribution in [-0.2, 0) is 0 Å². The van der Waals surface area contributed by atoms with Crippen molar-refractivity contribution < 1.29 is 0 Å². The maximum atomic E-state index is 5.67. The van der Waals surface area contributed by atoms with Crippen molar-refractivity contribution in [1.82, 2.24) is 5.32 Å². The van der Waals surface area contributed by atoms with Crippen molar-refractivity contribution >= 4 is 0 Å². The van der Waals surface area contributed by atoms with E-state index in [9.17, 15) is 0 Å². The van der Waals surface area contributed by atoms with Gasteiger partial charge < -0.3 is 11.1 Å². The predicted octanol–water partition coefficient (Wildman–Crippen LogP) is 6.78. The van der Waals surface area contributed by atoms with Gasteiger partial charge in [0.05, 0.1) is 0 Å². The first kappa shape index (κ1) is 23.1. The molecule has 2 nitrogen and oxygen atoms in total. The van der Waals surface area contributed by atoms with Gasteiger partial charge in [-0.25, -0.2) is 0 Å². The van der Waals surface area contributed by atoms with Crippen LogP contribution < -0.4 is 11.1 Å². The molecular weight excluding hydrogens is 364 g/mol. The molecule has 4 aliphatic carbocycles. The van der Waals surface area contributed by atoms with E-state index in [-0.39, 0.29) is 0 Å². The molecule has 4 aliphatic rings. The number of hydrogen-bond acceptors (Lipinski definition) is 2. The largest absolute Gasteiger partial charge is 0.330 e. The molecule has 0 aliphatic heterocycles. The van der Waals surface area contributed by atoms with Gasteiger partial charge in [-0.1, -0.05) is 40.5 Å². The normalized spacial score (nSPS) is 46.7. The van der Waals surface area contributed by atoms with Crippen LogP contribution in [0.1, 0.15) is 111 Å². The molecule has 0 aromatic rings. The smallest absolute Gasteiger partial charge is 0.00701 e. The van der Waals surface area contributed by atoms with Gasteiger partial charge in [-0.15, -0.1) is 0 Å². The second kappa shape index (κ2) is 9.42. The zero-order valence-electron chi connectivity index (χ0n) is 20.7. The molecule has 4 rings (SSSR count). The minimum absolute atomic E-state index is 0.632. The third-order valence-electron chi connectivity index (χ3n) is 11.2. The van der Waals surface area contributed by atoms with Gasteiger partial charge in [-0.05, 0) is 130 Å². The van der Waals surface area contributed by atoms with Crippen molar-refractivity contribution in [3.05, 3.63) is 0 Å². The Morgan fingerprint density at radius 1 is 0.933 bits per heavy atom. The molecule has 0 spiro atoms. The van der Waals surface area contributed by atoms with Crippen LogP contribution >= 0.6 is 0 Å². The van der Waals surface area contributed by atoms with Crippen molar-refractivity contribution in [2.75, 3.05) is 13.1 Å². The van der Waals surface area contributed by atoms with Crippen molar-refractivity contribution in [3.8, 4) is 0 Å². The van der Waals surface area contributed by atoms with Crippen molar-refractivity contribution in [2.45, 2.75) is 117 Å². The second-order valence-corrected chi connectivity index (χ2v) is 12.6. The summed E-state index contributed by atoms with van der Waals surface area (Å²) in [6, 6.07) is 0.775. The maximum absolute atomic E-state index is 5.67. The fraction of sp³-hybridized carbons (Fsp3) is 1.00. The van der Waals surface area contributed by atoms with Gasteiger partial charge in [-0.2, -0.15) is 0 Å². The van der Waals surface area contributed by atoms with Gasteiger partial charge >= 0.3 is 0 Å². The fourth-order valence-electron chi connectivity index (χ4n) is 9.65.